The first-order chi connectivity index (χ1) is 10.1. The summed E-state index contributed by atoms with van der Waals surface area (Å²) in [5.41, 5.74) is 4.22. The van der Waals surface area contributed by atoms with E-state index in [9.17, 15) is 14.0 Å². The van der Waals surface area contributed by atoms with Gasteiger partial charge in [0.15, 0.2) is 5.69 Å². The van der Waals surface area contributed by atoms with Crippen molar-refractivity contribution >= 4 is 11.8 Å². The van der Waals surface area contributed by atoms with E-state index in [2.05, 4.69) is 16.0 Å². The molecule has 3 rings (SSSR count). The molecule has 2 aromatic rings. The minimum absolute atomic E-state index is 0.0748. The highest BCUT2D eigenvalue weighted by atomic mass is 19.1. The highest BCUT2D eigenvalue weighted by Crippen LogP contribution is 2.40. The van der Waals surface area contributed by atoms with Gasteiger partial charge in [-0.3, -0.25) is 20.4 Å². The third kappa shape index (κ3) is 2.91. The number of aromatic nitrogens is 1. The minimum atomic E-state index is -0.743. The van der Waals surface area contributed by atoms with Gasteiger partial charge in [0.2, 0.25) is 0 Å². The Morgan fingerprint density at radius 2 is 1.90 bits per heavy atom. The number of amides is 2. The number of hydrogen-bond acceptors (Lipinski definition) is 4. The van der Waals surface area contributed by atoms with Gasteiger partial charge in [0.05, 0.1) is 5.56 Å². The molecule has 6 nitrogen and oxygen atoms in total. The van der Waals surface area contributed by atoms with Crippen molar-refractivity contribution in [1.82, 2.24) is 16.0 Å². The first-order valence-electron chi connectivity index (χ1n) is 6.47. The maximum Gasteiger partial charge on any atom is 0.291 e. The van der Waals surface area contributed by atoms with E-state index < -0.39 is 17.6 Å². The van der Waals surface area contributed by atoms with Crippen LogP contribution in [0.2, 0.25) is 0 Å². The monoisotopic (exact) mass is 289 g/mol. The number of nitrogens with zero attached hydrogens (tertiary/aromatic N) is 1. The third-order valence-corrected chi connectivity index (χ3v) is 3.15. The first-order valence-corrected chi connectivity index (χ1v) is 6.47. The Bertz CT molecular complexity index is 694. The molecule has 1 aliphatic carbocycles. The first kappa shape index (κ1) is 13.3. The summed E-state index contributed by atoms with van der Waals surface area (Å²) in [6.07, 6.45) is 2.06. The van der Waals surface area contributed by atoms with Gasteiger partial charge in [0.1, 0.15) is 11.6 Å². The molecule has 0 aliphatic heterocycles. The molecule has 0 unspecified atom stereocenters. The lowest BCUT2D eigenvalue weighted by Crippen LogP contribution is -2.42. The molecule has 1 fully saturated rings. The zero-order valence-corrected chi connectivity index (χ0v) is 10.9. The second-order valence-electron chi connectivity index (χ2n) is 4.78. The average molecular weight is 289 g/mol. The van der Waals surface area contributed by atoms with E-state index in [-0.39, 0.29) is 11.3 Å². The molecule has 0 saturated heterocycles. The molecular formula is C14H12FN3O3. The van der Waals surface area contributed by atoms with Crippen molar-refractivity contribution in [2.24, 2.45) is 0 Å². The molecule has 21 heavy (non-hydrogen) atoms. The highest BCUT2D eigenvalue weighted by molar-refractivity contribution is 5.98. The molecule has 2 N–H and O–H groups in total. The number of hydrazine groups is 1. The second kappa shape index (κ2) is 5.35. The van der Waals surface area contributed by atoms with Crippen LogP contribution in [-0.2, 0) is 0 Å². The van der Waals surface area contributed by atoms with E-state index >= 15 is 0 Å². The normalized spacial score (nSPS) is 13.8. The van der Waals surface area contributed by atoms with Gasteiger partial charge in [0, 0.05) is 12.0 Å². The lowest BCUT2D eigenvalue weighted by molar-refractivity contribution is 0.0839. The molecule has 1 saturated carbocycles. The van der Waals surface area contributed by atoms with Crippen molar-refractivity contribution in [3.05, 3.63) is 53.2 Å². The summed E-state index contributed by atoms with van der Waals surface area (Å²) in [5, 5.41) is 3.63. The number of carbonyl (C=O) groups excluding carboxylic acids is 2. The van der Waals surface area contributed by atoms with Gasteiger partial charge in [0.25, 0.3) is 11.8 Å². The van der Waals surface area contributed by atoms with Crippen LogP contribution in [0.4, 0.5) is 4.39 Å². The van der Waals surface area contributed by atoms with Crippen LogP contribution in [0.1, 0.15) is 45.4 Å². The number of benzene rings is 1. The molecule has 7 heteroatoms. The minimum Gasteiger partial charge on any atom is -0.360 e. The standard InChI is InChI=1S/C14H12FN3O3/c15-10-4-2-1-3-9(10)13(19)16-17-14(20)11-7-12(21-18-11)8-5-6-8/h1-4,7-8H,5-6H2,(H,16,19)(H,17,20). The van der Waals surface area contributed by atoms with E-state index in [4.69, 9.17) is 4.52 Å². The number of nitrogens with one attached hydrogen (secondary N) is 2. The summed E-state index contributed by atoms with van der Waals surface area (Å²) in [4.78, 5) is 23.5. The van der Waals surface area contributed by atoms with Crippen LogP contribution in [0.15, 0.2) is 34.9 Å². The quantitative estimate of drug-likeness (QED) is 0.843. The molecule has 1 aliphatic rings. The number of halogens is 1. The Labute approximate surface area is 119 Å². The van der Waals surface area contributed by atoms with Crippen molar-refractivity contribution in [1.29, 1.82) is 0 Å². The van der Waals surface area contributed by atoms with Crippen LogP contribution in [-0.4, -0.2) is 17.0 Å². The number of hydrogen-bond donors (Lipinski definition) is 2. The van der Waals surface area contributed by atoms with E-state index in [1.807, 2.05) is 0 Å². The van der Waals surface area contributed by atoms with Crippen molar-refractivity contribution in [3.63, 3.8) is 0 Å². The fraction of sp³-hybridized carbons (Fsp3) is 0.214. The lowest BCUT2D eigenvalue weighted by Gasteiger charge is -2.06. The highest BCUT2D eigenvalue weighted by Gasteiger charge is 2.29. The van der Waals surface area contributed by atoms with Gasteiger partial charge < -0.3 is 4.52 Å². The number of carbonyl (C=O) groups is 2. The molecule has 0 bridgehead atoms. The Hall–Kier alpha value is -2.70. The summed E-state index contributed by atoms with van der Waals surface area (Å²) < 4.78 is 18.4. The van der Waals surface area contributed by atoms with Crippen LogP contribution in [0.5, 0.6) is 0 Å². The zero-order valence-electron chi connectivity index (χ0n) is 10.9. The Kier molecular flexibility index (Phi) is 3.39. The molecule has 1 heterocycles. The topological polar surface area (TPSA) is 84.2 Å². The summed E-state index contributed by atoms with van der Waals surface area (Å²) in [6, 6.07) is 7.02. The van der Waals surface area contributed by atoms with Crippen LogP contribution in [0.25, 0.3) is 0 Å². The lowest BCUT2D eigenvalue weighted by atomic mass is 10.2. The fourth-order valence-electron chi connectivity index (χ4n) is 1.85. The van der Waals surface area contributed by atoms with Gasteiger partial charge in [-0.2, -0.15) is 0 Å². The van der Waals surface area contributed by atoms with Crippen molar-refractivity contribution in [2.45, 2.75) is 18.8 Å². The van der Waals surface area contributed by atoms with Crippen LogP contribution < -0.4 is 10.9 Å². The average Bonchev–Trinajstić information content (AvgIpc) is 3.22. The predicted octanol–water partition coefficient (Wildman–Crippen LogP) is 1.77. The smallest absolute Gasteiger partial charge is 0.291 e. The van der Waals surface area contributed by atoms with Gasteiger partial charge in [-0.25, -0.2) is 4.39 Å². The Balaban J connectivity index is 1.60. The summed E-state index contributed by atoms with van der Waals surface area (Å²) >= 11 is 0. The predicted molar refractivity (Wildman–Crippen MR) is 69.8 cm³/mol. The zero-order chi connectivity index (χ0) is 14.8. The molecule has 2 amide bonds. The summed E-state index contributed by atoms with van der Waals surface area (Å²) in [5.74, 6) is -1.02. The molecule has 108 valence electrons. The summed E-state index contributed by atoms with van der Waals surface area (Å²) in [6.45, 7) is 0. The van der Waals surface area contributed by atoms with Crippen LogP contribution in [0.3, 0.4) is 0 Å². The molecule has 0 spiro atoms. The Morgan fingerprint density at radius 3 is 2.62 bits per heavy atom. The maximum atomic E-state index is 13.4. The van der Waals surface area contributed by atoms with Gasteiger partial charge in [-0.05, 0) is 25.0 Å². The van der Waals surface area contributed by atoms with E-state index in [0.29, 0.717) is 11.7 Å². The van der Waals surface area contributed by atoms with E-state index in [1.54, 1.807) is 6.07 Å². The fourth-order valence-corrected chi connectivity index (χ4v) is 1.85. The SMILES string of the molecule is O=C(NNC(=O)c1ccccc1F)c1cc(C2CC2)on1. The van der Waals surface area contributed by atoms with E-state index in [0.717, 1.165) is 18.9 Å². The molecular weight excluding hydrogens is 277 g/mol. The second-order valence-corrected chi connectivity index (χ2v) is 4.78. The maximum absolute atomic E-state index is 13.4. The van der Waals surface area contributed by atoms with Gasteiger partial charge >= 0.3 is 0 Å². The van der Waals surface area contributed by atoms with Gasteiger partial charge in [-0.15, -0.1) is 0 Å². The molecule has 0 radical (unpaired) electrons. The largest absolute Gasteiger partial charge is 0.360 e. The van der Waals surface area contributed by atoms with Crippen LogP contribution >= 0.6 is 0 Å². The summed E-state index contributed by atoms with van der Waals surface area (Å²) in [7, 11) is 0. The third-order valence-electron chi connectivity index (χ3n) is 3.15. The van der Waals surface area contributed by atoms with Crippen molar-refractivity contribution in [2.75, 3.05) is 0 Å². The number of rotatable bonds is 3. The molecule has 1 aromatic heterocycles. The van der Waals surface area contributed by atoms with Crippen molar-refractivity contribution in [3.8, 4) is 0 Å². The van der Waals surface area contributed by atoms with Gasteiger partial charge in [-0.1, -0.05) is 17.3 Å². The molecule has 0 atom stereocenters. The van der Waals surface area contributed by atoms with Crippen molar-refractivity contribution < 1.29 is 18.5 Å². The Morgan fingerprint density at radius 1 is 1.19 bits per heavy atom. The molecule has 1 aromatic carbocycles. The van der Waals surface area contributed by atoms with E-state index in [1.165, 1.54) is 18.2 Å². The van der Waals surface area contributed by atoms with Crippen LogP contribution in [0, 0.1) is 5.82 Å².